The van der Waals surface area contributed by atoms with Crippen molar-refractivity contribution in [1.82, 2.24) is 9.88 Å². The molecule has 6 nitrogen and oxygen atoms in total. The summed E-state index contributed by atoms with van der Waals surface area (Å²) in [5.74, 6) is 1.86. The fraction of sp³-hybridized carbons (Fsp3) is 0.533. The van der Waals surface area contributed by atoms with Crippen molar-refractivity contribution in [3.8, 4) is 0 Å². The van der Waals surface area contributed by atoms with Gasteiger partial charge in [-0.1, -0.05) is 0 Å². The monoisotopic (exact) mass is 320 g/mol. The molecule has 7 heteroatoms. The summed E-state index contributed by atoms with van der Waals surface area (Å²) in [4.78, 5) is 31.9. The van der Waals surface area contributed by atoms with Crippen molar-refractivity contribution in [3.63, 3.8) is 0 Å². The van der Waals surface area contributed by atoms with Gasteiger partial charge in [-0.2, -0.15) is 11.8 Å². The van der Waals surface area contributed by atoms with Crippen molar-refractivity contribution in [2.45, 2.75) is 6.42 Å². The second kappa shape index (κ2) is 6.56. The molecule has 3 heterocycles. The van der Waals surface area contributed by atoms with Gasteiger partial charge >= 0.3 is 0 Å². The van der Waals surface area contributed by atoms with Gasteiger partial charge in [-0.05, 0) is 18.6 Å². The highest BCUT2D eigenvalue weighted by Gasteiger charge is 2.32. The maximum Gasteiger partial charge on any atom is 0.267 e. The first-order valence-electron chi connectivity index (χ1n) is 7.52. The highest BCUT2D eigenvalue weighted by molar-refractivity contribution is 7.99. The van der Waals surface area contributed by atoms with Crippen LogP contribution < -0.4 is 10.6 Å². The lowest BCUT2D eigenvalue weighted by Crippen LogP contribution is -2.42. The van der Waals surface area contributed by atoms with Crippen LogP contribution in [-0.4, -0.2) is 59.4 Å². The maximum absolute atomic E-state index is 12.6. The summed E-state index contributed by atoms with van der Waals surface area (Å²) in [5, 5.41) is 0. The minimum atomic E-state index is -0.528. The molecule has 1 atom stereocenters. The van der Waals surface area contributed by atoms with Crippen LogP contribution in [0.25, 0.3) is 0 Å². The molecular formula is C15H20N4O2S. The molecule has 0 spiro atoms. The van der Waals surface area contributed by atoms with Gasteiger partial charge in [0, 0.05) is 49.6 Å². The van der Waals surface area contributed by atoms with Crippen molar-refractivity contribution in [1.29, 1.82) is 0 Å². The molecule has 0 aromatic carbocycles. The predicted octanol–water partition coefficient (Wildman–Crippen LogP) is 0.582. The fourth-order valence-corrected chi connectivity index (χ4v) is 3.89. The van der Waals surface area contributed by atoms with Crippen molar-refractivity contribution < 1.29 is 9.59 Å². The van der Waals surface area contributed by atoms with E-state index in [0.29, 0.717) is 6.54 Å². The number of amides is 2. The quantitative estimate of drug-likeness (QED) is 0.881. The van der Waals surface area contributed by atoms with Crippen molar-refractivity contribution in [2.75, 3.05) is 42.6 Å². The first-order valence-corrected chi connectivity index (χ1v) is 8.68. The molecular weight excluding hydrogens is 300 g/mol. The number of carbonyl (C=O) groups is 2. The largest absolute Gasteiger partial charge is 0.371 e. The van der Waals surface area contributed by atoms with Crippen LogP contribution in [0.15, 0.2) is 18.3 Å². The number of carbonyl (C=O) groups excluding carboxylic acids is 2. The molecule has 2 saturated heterocycles. The minimum absolute atomic E-state index is 0.0493. The average Bonchev–Trinajstić information content (AvgIpc) is 3.05. The van der Waals surface area contributed by atoms with E-state index < -0.39 is 5.91 Å². The van der Waals surface area contributed by atoms with Crippen LogP contribution in [0.1, 0.15) is 16.9 Å². The second-order valence-electron chi connectivity index (χ2n) is 5.63. The molecule has 22 heavy (non-hydrogen) atoms. The van der Waals surface area contributed by atoms with Crippen LogP contribution in [-0.2, 0) is 4.79 Å². The van der Waals surface area contributed by atoms with E-state index in [4.69, 9.17) is 5.73 Å². The number of thioether (sulfide) groups is 1. The Kier molecular flexibility index (Phi) is 4.52. The smallest absolute Gasteiger partial charge is 0.267 e. The van der Waals surface area contributed by atoms with Crippen LogP contribution in [0, 0.1) is 5.92 Å². The van der Waals surface area contributed by atoms with Gasteiger partial charge in [0.1, 0.15) is 5.69 Å². The van der Waals surface area contributed by atoms with E-state index in [1.54, 1.807) is 12.3 Å². The standard InChI is InChI=1S/C15H20N4O2S/c16-14(20)13-9-12(1-3-17-13)19-4-2-11(10-19)15(21)18-5-7-22-8-6-18/h1,3,9,11H,2,4-8,10H2,(H2,16,20). The van der Waals surface area contributed by atoms with Gasteiger partial charge in [-0.15, -0.1) is 0 Å². The number of aromatic nitrogens is 1. The normalized spacial score (nSPS) is 21.9. The van der Waals surface area contributed by atoms with Gasteiger partial charge in [0.15, 0.2) is 0 Å². The van der Waals surface area contributed by atoms with Crippen LogP contribution in [0.4, 0.5) is 5.69 Å². The molecule has 3 rings (SSSR count). The fourth-order valence-electron chi connectivity index (χ4n) is 2.99. The van der Waals surface area contributed by atoms with E-state index >= 15 is 0 Å². The number of primary amides is 1. The summed E-state index contributed by atoms with van der Waals surface area (Å²) < 4.78 is 0. The lowest BCUT2D eigenvalue weighted by atomic mass is 10.1. The Morgan fingerprint density at radius 3 is 2.77 bits per heavy atom. The van der Waals surface area contributed by atoms with E-state index in [1.807, 2.05) is 22.7 Å². The van der Waals surface area contributed by atoms with Gasteiger partial charge in [0.25, 0.3) is 5.91 Å². The Bertz CT molecular complexity index is 574. The molecule has 0 radical (unpaired) electrons. The molecule has 2 amide bonds. The molecule has 118 valence electrons. The zero-order valence-electron chi connectivity index (χ0n) is 12.4. The maximum atomic E-state index is 12.6. The number of nitrogens with two attached hydrogens (primary N) is 1. The minimum Gasteiger partial charge on any atom is -0.371 e. The van der Waals surface area contributed by atoms with Crippen molar-refractivity contribution in [2.24, 2.45) is 11.7 Å². The summed E-state index contributed by atoms with van der Waals surface area (Å²) >= 11 is 1.91. The Morgan fingerprint density at radius 2 is 2.05 bits per heavy atom. The molecule has 0 aliphatic carbocycles. The Hall–Kier alpha value is -1.76. The number of rotatable bonds is 3. The number of nitrogens with zero attached hydrogens (tertiary/aromatic N) is 3. The van der Waals surface area contributed by atoms with Crippen LogP contribution in [0.2, 0.25) is 0 Å². The first-order chi connectivity index (χ1) is 10.6. The van der Waals surface area contributed by atoms with E-state index in [2.05, 4.69) is 9.88 Å². The Labute approximate surface area is 134 Å². The third-order valence-corrected chi connectivity index (χ3v) is 5.16. The zero-order valence-corrected chi connectivity index (χ0v) is 13.2. The molecule has 2 aliphatic rings. The lowest BCUT2D eigenvalue weighted by Gasteiger charge is -2.29. The van der Waals surface area contributed by atoms with E-state index in [-0.39, 0.29) is 17.5 Å². The number of pyridine rings is 1. The summed E-state index contributed by atoms with van der Waals surface area (Å²) in [5.41, 5.74) is 6.45. The highest BCUT2D eigenvalue weighted by atomic mass is 32.2. The molecule has 2 aliphatic heterocycles. The van der Waals surface area contributed by atoms with Crippen LogP contribution in [0.5, 0.6) is 0 Å². The summed E-state index contributed by atoms with van der Waals surface area (Å²) in [6, 6.07) is 3.56. The summed E-state index contributed by atoms with van der Waals surface area (Å²) in [6.07, 6.45) is 2.45. The van der Waals surface area contributed by atoms with Gasteiger partial charge in [-0.3, -0.25) is 14.6 Å². The van der Waals surface area contributed by atoms with E-state index in [0.717, 1.165) is 43.2 Å². The molecule has 2 N–H and O–H groups in total. The number of anilines is 1. The molecule has 0 saturated carbocycles. The number of hydrogen-bond acceptors (Lipinski definition) is 5. The molecule has 1 aromatic heterocycles. The molecule has 0 bridgehead atoms. The van der Waals surface area contributed by atoms with Gasteiger partial charge in [0.05, 0.1) is 5.92 Å². The lowest BCUT2D eigenvalue weighted by molar-refractivity contribution is -0.134. The second-order valence-corrected chi connectivity index (χ2v) is 6.86. The Morgan fingerprint density at radius 1 is 1.27 bits per heavy atom. The van der Waals surface area contributed by atoms with Gasteiger partial charge < -0.3 is 15.5 Å². The molecule has 2 fully saturated rings. The SMILES string of the molecule is NC(=O)c1cc(N2CCC(C(=O)N3CCSCC3)C2)ccn1. The summed E-state index contributed by atoms with van der Waals surface area (Å²) in [7, 11) is 0. The number of hydrogen-bond donors (Lipinski definition) is 1. The third kappa shape index (κ3) is 3.19. The van der Waals surface area contributed by atoms with E-state index in [1.165, 1.54) is 0 Å². The van der Waals surface area contributed by atoms with Gasteiger partial charge in [0.2, 0.25) is 5.91 Å². The Balaban J connectivity index is 1.65. The van der Waals surface area contributed by atoms with Crippen molar-refractivity contribution >= 4 is 29.3 Å². The van der Waals surface area contributed by atoms with Crippen molar-refractivity contribution in [3.05, 3.63) is 24.0 Å². The highest BCUT2D eigenvalue weighted by Crippen LogP contribution is 2.26. The first kappa shape index (κ1) is 15.1. The zero-order chi connectivity index (χ0) is 15.5. The van der Waals surface area contributed by atoms with E-state index in [9.17, 15) is 9.59 Å². The summed E-state index contributed by atoms with van der Waals surface area (Å²) in [6.45, 7) is 3.24. The predicted molar refractivity (Wildman–Crippen MR) is 87.0 cm³/mol. The average molecular weight is 320 g/mol. The third-order valence-electron chi connectivity index (χ3n) is 4.22. The van der Waals surface area contributed by atoms with Crippen LogP contribution >= 0.6 is 11.8 Å². The molecule has 1 unspecified atom stereocenters. The topological polar surface area (TPSA) is 79.5 Å². The molecule has 1 aromatic rings. The van der Waals surface area contributed by atoms with Crippen LogP contribution in [0.3, 0.4) is 0 Å². The van der Waals surface area contributed by atoms with Gasteiger partial charge in [-0.25, -0.2) is 0 Å².